The smallest absolute Gasteiger partial charge is 0.211 e. The molecule has 8 nitrogen and oxygen atoms in total. The summed E-state index contributed by atoms with van der Waals surface area (Å²) in [6.45, 7) is 6.07. The van der Waals surface area contributed by atoms with E-state index in [-0.39, 0.29) is 5.75 Å². The van der Waals surface area contributed by atoms with E-state index in [0.29, 0.717) is 50.5 Å². The van der Waals surface area contributed by atoms with Crippen molar-refractivity contribution >= 4 is 37.8 Å². The van der Waals surface area contributed by atoms with Crippen LogP contribution in [0, 0.1) is 0 Å². The number of aromatic nitrogens is 3. The largest absolute Gasteiger partial charge is 0.382 e. The van der Waals surface area contributed by atoms with Crippen LogP contribution in [0.1, 0.15) is 45.4 Å². The van der Waals surface area contributed by atoms with E-state index in [1.807, 2.05) is 38.1 Å². The van der Waals surface area contributed by atoms with Crippen molar-refractivity contribution in [1.29, 1.82) is 0 Å². The highest BCUT2D eigenvalue weighted by molar-refractivity contribution is 7.89. The number of hydrogen-bond acceptors (Lipinski definition) is 6. The summed E-state index contributed by atoms with van der Waals surface area (Å²) in [4.78, 5) is 9.17. The Kier molecular flexibility index (Phi) is 7.63. The molecule has 0 amide bonds. The zero-order valence-corrected chi connectivity index (χ0v) is 18.5. The normalized spacial score (nSPS) is 12.2. The summed E-state index contributed by atoms with van der Waals surface area (Å²) in [7, 11) is -3.23. The molecule has 0 spiro atoms. The fraction of sp³-hybridized carbons (Fsp3) is 0.524. The van der Waals surface area contributed by atoms with Crippen LogP contribution in [-0.4, -0.2) is 41.9 Å². The lowest BCUT2D eigenvalue weighted by Gasteiger charge is -2.11. The second-order valence-electron chi connectivity index (χ2n) is 7.30. The van der Waals surface area contributed by atoms with Gasteiger partial charge in [-0.2, -0.15) is 0 Å². The van der Waals surface area contributed by atoms with E-state index in [4.69, 9.17) is 15.5 Å². The number of hydrogen-bond donors (Lipinski definition) is 2. The molecular formula is C21H31N5O3S. The first-order valence-corrected chi connectivity index (χ1v) is 12.2. The van der Waals surface area contributed by atoms with Crippen molar-refractivity contribution < 1.29 is 13.2 Å². The van der Waals surface area contributed by atoms with Crippen molar-refractivity contribution in [2.24, 2.45) is 0 Å². The number of para-hydroxylation sites is 1. The Balaban J connectivity index is 1.83. The van der Waals surface area contributed by atoms with E-state index >= 15 is 0 Å². The second kappa shape index (κ2) is 10.2. The summed E-state index contributed by atoms with van der Waals surface area (Å²) in [5, 5.41) is 0.978. The Labute approximate surface area is 177 Å². The van der Waals surface area contributed by atoms with Gasteiger partial charge in [0.15, 0.2) is 5.82 Å². The van der Waals surface area contributed by atoms with Crippen molar-refractivity contribution in [3.05, 3.63) is 30.1 Å². The first-order valence-electron chi connectivity index (χ1n) is 10.5. The predicted molar refractivity (Wildman–Crippen MR) is 121 cm³/mol. The molecule has 3 aromatic rings. The number of aryl methyl sites for hydroxylation is 1. The molecule has 0 radical (unpaired) electrons. The van der Waals surface area contributed by atoms with E-state index in [1.165, 1.54) is 0 Å². The first kappa shape index (κ1) is 22.5. The molecule has 2 aromatic heterocycles. The topological polar surface area (TPSA) is 112 Å². The molecule has 164 valence electrons. The van der Waals surface area contributed by atoms with Gasteiger partial charge in [0, 0.05) is 25.1 Å². The molecule has 3 rings (SSSR count). The van der Waals surface area contributed by atoms with E-state index in [1.54, 1.807) is 0 Å². The monoisotopic (exact) mass is 433 g/mol. The van der Waals surface area contributed by atoms with E-state index in [9.17, 15) is 8.42 Å². The van der Waals surface area contributed by atoms with Crippen LogP contribution in [0.25, 0.3) is 21.9 Å². The molecule has 0 aliphatic carbocycles. The van der Waals surface area contributed by atoms with Gasteiger partial charge >= 0.3 is 0 Å². The van der Waals surface area contributed by atoms with Gasteiger partial charge in [0.2, 0.25) is 10.0 Å². The zero-order valence-electron chi connectivity index (χ0n) is 17.7. The minimum atomic E-state index is -3.23. The lowest BCUT2D eigenvalue weighted by atomic mass is 10.2. The number of unbranched alkanes of at least 4 members (excludes halogenated alkanes) is 2. The number of imidazole rings is 1. The SMILES string of the molecule is CCCCNS(=O)(=O)CCCCn1c(COCC)nc2c(N)nc3ccccc3c21. The zero-order chi connectivity index (χ0) is 21.6. The van der Waals surface area contributed by atoms with Crippen molar-refractivity contribution in [2.75, 3.05) is 24.6 Å². The van der Waals surface area contributed by atoms with Crippen LogP contribution in [0.3, 0.4) is 0 Å². The highest BCUT2D eigenvalue weighted by Gasteiger charge is 2.17. The summed E-state index contributed by atoms with van der Waals surface area (Å²) < 4.78 is 34.6. The summed E-state index contributed by atoms with van der Waals surface area (Å²) in [5.41, 5.74) is 8.59. The molecule has 0 saturated heterocycles. The van der Waals surface area contributed by atoms with Gasteiger partial charge in [-0.1, -0.05) is 31.5 Å². The number of benzene rings is 1. The maximum absolute atomic E-state index is 12.1. The van der Waals surface area contributed by atoms with Gasteiger partial charge in [-0.3, -0.25) is 0 Å². The van der Waals surface area contributed by atoms with Gasteiger partial charge < -0.3 is 15.0 Å². The second-order valence-corrected chi connectivity index (χ2v) is 9.23. The van der Waals surface area contributed by atoms with Crippen molar-refractivity contribution in [3.8, 4) is 0 Å². The number of rotatable bonds is 12. The average molecular weight is 434 g/mol. The van der Waals surface area contributed by atoms with Crippen LogP contribution in [0.15, 0.2) is 24.3 Å². The minimum absolute atomic E-state index is 0.120. The molecule has 0 atom stereocenters. The standard InChI is InChI=1S/C21H31N5O3S/c1-3-5-12-23-30(27,28)14-9-8-13-26-18(15-29-4-2)25-19-20(26)16-10-6-7-11-17(16)24-21(19)22/h6-7,10-11,23H,3-5,8-9,12-15H2,1-2H3,(H2,22,24). The number of pyridine rings is 1. The van der Waals surface area contributed by atoms with E-state index in [2.05, 4.69) is 14.3 Å². The van der Waals surface area contributed by atoms with Gasteiger partial charge in [0.1, 0.15) is 17.9 Å². The number of nitrogens with one attached hydrogen (secondary N) is 1. The van der Waals surface area contributed by atoms with Gasteiger partial charge in [0.25, 0.3) is 0 Å². The van der Waals surface area contributed by atoms with Crippen LogP contribution >= 0.6 is 0 Å². The number of nitrogen functional groups attached to an aromatic ring is 1. The van der Waals surface area contributed by atoms with Crippen LogP contribution in [0.4, 0.5) is 5.82 Å². The Morgan fingerprint density at radius 1 is 1.13 bits per heavy atom. The summed E-state index contributed by atoms with van der Waals surface area (Å²) in [6.07, 6.45) is 3.08. The first-order chi connectivity index (χ1) is 14.5. The fourth-order valence-electron chi connectivity index (χ4n) is 3.49. The Bertz CT molecular complexity index is 1090. The quantitative estimate of drug-likeness (QED) is 0.424. The molecule has 0 saturated carbocycles. The Hall–Kier alpha value is -2.23. The molecule has 0 fully saturated rings. The van der Waals surface area contributed by atoms with Crippen LogP contribution < -0.4 is 10.5 Å². The number of sulfonamides is 1. The molecule has 2 heterocycles. The van der Waals surface area contributed by atoms with Crippen LogP contribution in [0.5, 0.6) is 0 Å². The highest BCUT2D eigenvalue weighted by atomic mass is 32.2. The number of nitrogens with two attached hydrogens (primary N) is 1. The molecule has 1 aromatic carbocycles. The van der Waals surface area contributed by atoms with Gasteiger partial charge in [-0.05, 0) is 32.3 Å². The summed E-state index contributed by atoms with van der Waals surface area (Å²) in [5.74, 6) is 1.29. The lowest BCUT2D eigenvalue weighted by Crippen LogP contribution is -2.27. The molecule has 0 aliphatic heterocycles. The van der Waals surface area contributed by atoms with Crippen molar-refractivity contribution in [1.82, 2.24) is 19.3 Å². The van der Waals surface area contributed by atoms with Crippen LogP contribution in [0.2, 0.25) is 0 Å². The maximum atomic E-state index is 12.1. The lowest BCUT2D eigenvalue weighted by molar-refractivity contribution is 0.126. The van der Waals surface area contributed by atoms with Crippen molar-refractivity contribution in [2.45, 2.75) is 52.7 Å². The number of ether oxygens (including phenoxy) is 1. The molecule has 3 N–H and O–H groups in total. The maximum Gasteiger partial charge on any atom is 0.211 e. The number of anilines is 1. The fourth-order valence-corrected chi connectivity index (χ4v) is 4.67. The molecule has 0 bridgehead atoms. The van der Waals surface area contributed by atoms with Crippen molar-refractivity contribution in [3.63, 3.8) is 0 Å². The Morgan fingerprint density at radius 3 is 2.70 bits per heavy atom. The minimum Gasteiger partial charge on any atom is -0.382 e. The molecule has 9 heteroatoms. The number of nitrogens with zero attached hydrogens (tertiary/aromatic N) is 3. The third kappa shape index (κ3) is 5.27. The highest BCUT2D eigenvalue weighted by Crippen LogP contribution is 2.29. The van der Waals surface area contributed by atoms with Gasteiger partial charge in [-0.15, -0.1) is 0 Å². The molecule has 0 unspecified atom stereocenters. The summed E-state index contributed by atoms with van der Waals surface area (Å²) >= 11 is 0. The van der Waals surface area contributed by atoms with Crippen LogP contribution in [-0.2, 0) is 27.9 Å². The van der Waals surface area contributed by atoms with E-state index in [0.717, 1.165) is 35.1 Å². The number of fused-ring (bicyclic) bond motifs is 3. The Morgan fingerprint density at radius 2 is 1.93 bits per heavy atom. The van der Waals surface area contributed by atoms with Gasteiger partial charge in [-0.25, -0.2) is 23.1 Å². The third-order valence-corrected chi connectivity index (χ3v) is 6.49. The summed E-state index contributed by atoms with van der Waals surface area (Å²) in [6, 6.07) is 7.83. The van der Waals surface area contributed by atoms with E-state index < -0.39 is 10.0 Å². The molecule has 0 aliphatic rings. The third-order valence-electron chi connectivity index (χ3n) is 5.02. The average Bonchev–Trinajstić information content (AvgIpc) is 3.09. The predicted octanol–water partition coefficient (Wildman–Crippen LogP) is 3.20. The molecular weight excluding hydrogens is 402 g/mol. The molecule has 30 heavy (non-hydrogen) atoms. The van der Waals surface area contributed by atoms with Gasteiger partial charge in [0.05, 0.1) is 16.8 Å².